The summed E-state index contributed by atoms with van der Waals surface area (Å²) in [6.07, 6.45) is 2.93. The summed E-state index contributed by atoms with van der Waals surface area (Å²) in [6, 6.07) is 0.0161. The van der Waals surface area contributed by atoms with Gasteiger partial charge in [0, 0.05) is 12.6 Å². The fraction of sp³-hybridized carbons (Fsp3) is 0.889. The lowest BCUT2D eigenvalue weighted by atomic mass is 10.0. The largest absolute Gasteiger partial charge is 0.480 e. The summed E-state index contributed by atoms with van der Waals surface area (Å²) in [5.74, 6) is -0.709. The number of hydrogen-bond donors (Lipinski definition) is 2. The normalized spacial score (nSPS) is 40.2. The van der Waals surface area contributed by atoms with Gasteiger partial charge in [-0.15, -0.1) is 0 Å². The van der Waals surface area contributed by atoms with E-state index in [4.69, 9.17) is 5.11 Å². The minimum Gasteiger partial charge on any atom is -0.480 e. The number of rotatable bonds is 1. The molecule has 0 bridgehead atoms. The van der Waals surface area contributed by atoms with Crippen molar-refractivity contribution in [2.24, 2.45) is 0 Å². The van der Waals surface area contributed by atoms with E-state index in [1.807, 2.05) is 4.90 Å². The Morgan fingerprint density at radius 2 is 2.08 bits per heavy atom. The molecular weight excluding hydrogens is 170 g/mol. The summed E-state index contributed by atoms with van der Waals surface area (Å²) in [6.45, 7) is 0.739. The van der Waals surface area contributed by atoms with Crippen molar-refractivity contribution in [2.75, 3.05) is 6.54 Å². The molecule has 0 radical (unpaired) electrons. The first-order valence-corrected chi connectivity index (χ1v) is 4.85. The van der Waals surface area contributed by atoms with E-state index < -0.39 is 5.97 Å². The van der Waals surface area contributed by atoms with E-state index in [1.165, 1.54) is 0 Å². The lowest BCUT2D eigenvalue weighted by Crippen LogP contribution is -2.46. The molecule has 0 spiro atoms. The second kappa shape index (κ2) is 3.27. The molecule has 0 amide bonds. The first-order valence-electron chi connectivity index (χ1n) is 4.85. The van der Waals surface area contributed by atoms with Crippen LogP contribution in [0.15, 0.2) is 0 Å². The van der Waals surface area contributed by atoms with Gasteiger partial charge in [0.2, 0.25) is 0 Å². The number of hydrogen-bond acceptors (Lipinski definition) is 3. The number of carboxylic acid groups (broad SMARTS) is 1. The average Bonchev–Trinajstić information content (AvgIpc) is 2.46. The number of carbonyl (C=O) groups is 1. The van der Waals surface area contributed by atoms with Crippen molar-refractivity contribution in [3.63, 3.8) is 0 Å². The van der Waals surface area contributed by atoms with Gasteiger partial charge in [-0.1, -0.05) is 0 Å². The smallest absolute Gasteiger partial charge is 0.320 e. The molecule has 0 saturated carbocycles. The number of carboxylic acids is 1. The van der Waals surface area contributed by atoms with E-state index in [0.29, 0.717) is 6.04 Å². The van der Waals surface area contributed by atoms with Crippen LogP contribution in [0.2, 0.25) is 0 Å². The summed E-state index contributed by atoms with van der Waals surface area (Å²) in [7, 11) is 0. The van der Waals surface area contributed by atoms with Gasteiger partial charge >= 0.3 is 5.97 Å². The lowest BCUT2D eigenvalue weighted by Gasteiger charge is -2.34. The number of aliphatic carboxylic acids is 1. The standard InChI is InChI=1S/C9H15NO3/c11-7-3-4-10-6(5-7)1-2-8(10)9(12)13/h6-8,11H,1-5H2,(H,12,13). The summed E-state index contributed by atoms with van der Waals surface area (Å²) in [5.41, 5.74) is 0. The minimum absolute atomic E-state index is 0.214. The van der Waals surface area contributed by atoms with Gasteiger partial charge in [0.1, 0.15) is 6.04 Å². The Labute approximate surface area is 77.2 Å². The van der Waals surface area contributed by atoms with Gasteiger partial charge < -0.3 is 10.2 Å². The maximum Gasteiger partial charge on any atom is 0.320 e. The van der Waals surface area contributed by atoms with Gasteiger partial charge in [-0.05, 0) is 25.7 Å². The molecule has 2 rings (SSSR count). The third kappa shape index (κ3) is 1.56. The molecule has 3 unspecified atom stereocenters. The zero-order valence-electron chi connectivity index (χ0n) is 7.52. The number of piperidine rings is 1. The van der Waals surface area contributed by atoms with Crippen LogP contribution in [-0.2, 0) is 4.79 Å². The van der Waals surface area contributed by atoms with Gasteiger partial charge in [0.15, 0.2) is 0 Å². The number of fused-ring (bicyclic) bond motifs is 1. The quantitative estimate of drug-likeness (QED) is 0.606. The van der Waals surface area contributed by atoms with Crippen LogP contribution in [-0.4, -0.2) is 45.8 Å². The van der Waals surface area contributed by atoms with Crippen LogP contribution in [0, 0.1) is 0 Å². The molecule has 2 N–H and O–H groups in total. The minimum atomic E-state index is -0.709. The van der Waals surface area contributed by atoms with Crippen molar-refractivity contribution < 1.29 is 15.0 Å². The zero-order chi connectivity index (χ0) is 9.42. The second-order valence-electron chi connectivity index (χ2n) is 4.00. The highest BCUT2D eigenvalue weighted by molar-refractivity contribution is 5.74. The van der Waals surface area contributed by atoms with Crippen molar-refractivity contribution in [1.82, 2.24) is 4.90 Å². The monoisotopic (exact) mass is 185 g/mol. The molecule has 0 aliphatic carbocycles. The Bertz CT molecular complexity index is 219. The summed E-state index contributed by atoms with van der Waals surface area (Å²) in [5, 5.41) is 18.3. The van der Waals surface area contributed by atoms with Crippen LogP contribution >= 0.6 is 0 Å². The third-order valence-electron chi connectivity index (χ3n) is 3.19. The van der Waals surface area contributed by atoms with Crippen molar-refractivity contribution in [3.8, 4) is 0 Å². The second-order valence-corrected chi connectivity index (χ2v) is 4.00. The average molecular weight is 185 g/mol. The highest BCUT2D eigenvalue weighted by Crippen LogP contribution is 2.31. The van der Waals surface area contributed by atoms with Crippen molar-refractivity contribution >= 4 is 5.97 Å². The van der Waals surface area contributed by atoms with Gasteiger partial charge in [-0.3, -0.25) is 9.69 Å². The van der Waals surface area contributed by atoms with Gasteiger partial charge in [0.25, 0.3) is 0 Å². The summed E-state index contributed by atoms with van der Waals surface area (Å²) >= 11 is 0. The highest BCUT2D eigenvalue weighted by atomic mass is 16.4. The Hall–Kier alpha value is -0.610. The third-order valence-corrected chi connectivity index (χ3v) is 3.19. The molecule has 2 saturated heterocycles. The lowest BCUT2D eigenvalue weighted by molar-refractivity contribution is -0.143. The van der Waals surface area contributed by atoms with Crippen molar-refractivity contribution in [2.45, 2.75) is 43.9 Å². The SMILES string of the molecule is O=C(O)C1CCC2CC(O)CCN21. The van der Waals surface area contributed by atoms with E-state index in [9.17, 15) is 9.90 Å². The molecule has 13 heavy (non-hydrogen) atoms. The zero-order valence-corrected chi connectivity index (χ0v) is 7.52. The predicted octanol–water partition coefficient (Wildman–Crippen LogP) is 0.0587. The molecule has 3 atom stereocenters. The molecule has 2 aliphatic rings. The van der Waals surface area contributed by atoms with Crippen LogP contribution < -0.4 is 0 Å². The van der Waals surface area contributed by atoms with Crippen LogP contribution in [0.4, 0.5) is 0 Å². The number of nitrogens with zero attached hydrogens (tertiary/aromatic N) is 1. The van der Waals surface area contributed by atoms with E-state index in [1.54, 1.807) is 0 Å². The Balaban J connectivity index is 2.04. The van der Waals surface area contributed by atoms with Crippen LogP contribution in [0.5, 0.6) is 0 Å². The van der Waals surface area contributed by atoms with Gasteiger partial charge in [-0.2, -0.15) is 0 Å². The summed E-state index contributed by atoms with van der Waals surface area (Å²) < 4.78 is 0. The Kier molecular flexibility index (Phi) is 2.26. The molecule has 2 heterocycles. The number of aliphatic hydroxyl groups excluding tert-OH is 1. The highest BCUT2D eigenvalue weighted by Gasteiger charge is 2.40. The molecular formula is C9H15NO3. The topological polar surface area (TPSA) is 60.8 Å². The molecule has 2 aliphatic heterocycles. The van der Waals surface area contributed by atoms with Crippen LogP contribution in [0.1, 0.15) is 25.7 Å². The first-order chi connectivity index (χ1) is 6.18. The maximum atomic E-state index is 10.8. The van der Waals surface area contributed by atoms with Crippen LogP contribution in [0.25, 0.3) is 0 Å². The van der Waals surface area contributed by atoms with E-state index in [2.05, 4.69) is 0 Å². The molecule has 0 aromatic carbocycles. The maximum absolute atomic E-state index is 10.8. The molecule has 4 nitrogen and oxygen atoms in total. The molecule has 4 heteroatoms. The predicted molar refractivity (Wildman–Crippen MR) is 46.4 cm³/mol. The van der Waals surface area contributed by atoms with Crippen LogP contribution in [0.3, 0.4) is 0 Å². The Morgan fingerprint density at radius 1 is 1.31 bits per heavy atom. The Morgan fingerprint density at radius 3 is 2.77 bits per heavy atom. The summed E-state index contributed by atoms with van der Waals surface area (Å²) in [4.78, 5) is 12.9. The number of aliphatic hydroxyl groups is 1. The molecule has 0 aromatic rings. The van der Waals surface area contributed by atoms with E-state index >= 15 is 0 Å². The van der Waals surface area contributed by atoms with E-state index in [-0.39, 0.29) is 12.1 Å². The van der Waals surface area contributed by atoms with E-state index in [0.717, 1.165) is 32.2 Å². The van der Waals surface area contributed by atoms with Crippen molar-refractivity contribution in [1.29, 1.82) is 0 Å². The first kappa shape index (κ1) is 8.97. The molecule has 0 aromatic heterocycles. The van der Waals surface area contributed by atoms with Gasteiger partial charge in [0.05, 0.1) is 6.10 Å². The van der Waals surface area contributed by atoms with Gasteiger partial charge in [-0.25, -0.2) is 0 Å². The molecule has 2 fully saturated rings. The molecule has 74 valence electrons. The van der Waals surface area contributed by atoms with Crippen molar-refractivity contribution in [3.05, 3.63) is 0 Å². The fourth-order valence-electron chi connectivity index (χ4n) is 2.52. The fourth-order valence-corrected chi connectivity index (χ4v) is 2.52.